The number of para-hydroxylation sites is 1. The van der Waals surface area contributed by atoms with Crippen molar-refractivity contribution in [1.29, 1.82) is 0 Å². The molecule has 20 heavy (non-hydrogen) atoms. The Morgan fingerprint density at radius 2 is 2.35 bits per heavy atom. The number of aromatic amines is 1. The second-order valence-electron chi connectivity index (χ2n) is 5.09. The Morgan fingerprint density at radius 1 is 1.50 bits per heavy atom. The van der Waals surface area contributed by atoms with Crippen LogP contribution < -0.4 is 10.2 Å². The molecule has 1 amide bonds. The summed E-state index contributed by atoms with van der Waals surface area (Å²) in [7, 11) is 0. The maximum absolute atomic E-state index is 11.4. The first-order valence-electron chi connectivity index (χ1n) is 6.89. The monoisotopic (exact) mass is 270 g/mol. The number of nitrogens with one attached hydrogen (secondary N) is 2. The van der Waals surface area contributed by atoms with Crippen LogP contribution in [0.1, 0.15) is 12.8 Å². The highest BCUT2D eigenvalue weighted by atomic mass is 16.1. The van der Waals surface area contributed by atoms with E-state index in [0.29, 0.717) is 0 Å². The van der Waals surface area contributed by atoms with E-state index in [1.165, 1.54) is 6.08 Å². The number of carbonyl (C=O) groups excluding carboxylic acids is 1. The van der Waals surface area contributed by atoms with Gasteiger partial charge in [0.2, 0.25) is 5.91 Å². The Morgan fingerprint density at radius 3 is 3.20 bits per heavy atom. The number of carbonyl (C=O) groups is 1. The fourth-order valence-electron chi connectivity index (χ4n) is 2.74. The molecule has 1 aliphatic rings. The number of amides is 1. The van der Waals surface area contributed by atoms with E-state index in [9.17, 15) is 4.79 Å². The lowest BCUT2D eigenvalue weighted by Gasteiger charge is -2.33. The number of anilines is 1. The van der Waals surface area contributed by atoms with Crippen LogP contribution in [0.5, 0.6) is 0 Å². The van der Waals surface area contributed by atoms with Gasteiger partial charge in [0.05, 0.1) is 5.52 Å². The predicted molar refractivity (Wildman–Crippen MR) is 79.7 cm³/mol. The molecule has 1 saturated heterocycles. The van der Waals surface area contributed by atoms with Crippen LogP contribution in [0.25, 0.3) is 10.9 Å². The van der Waals surface area contributed by atoms with Crippen LogP contribution in [0.3, 0.4) is 0 Å². The molecule has 0 bridgehead atoms. The van der Waals surface area contributed by atoms with Crippen LogP contribution in [0.2, 0.25) is 0 Å². The van der Waals surface area contributed by atoms with Crippen LogP contribution in [-0.2, 0) is 4.79 Å². The molecule has 1 aliphatic heterocycles. The average Bonchev–Trinajstić information content (AvgIpc) is 2.91. The quantitative estimate of drug-likeness (QED) is 0.837. The van der Waals surface area contributed by atoms with Crippen molar-refractivity contribution in [2.24, 2.45) is 0 Å². The number of benzene rings is 1. The van der Waals surface area contributed by atoms with Gasteiger partial charge in [-0.2, -0.15) is 5.10 Å². The lowest BCUT2D eigenvalue weighted by atomic mass is 10.1. The molecule has 0 saturated carbocycles. The molecule has 0 radical (unpaired) electrons. The molecule has 5 heteroatoms. The summed E-state index contributed by atoms with van der Waals surface area (Å²) >= 11 is 0. The van der Waals surface area contributed by atoms with Crippen molar-refractivity contribution >= 4 is 22.6 Å². The van der Waals surface area contributed by atoms with Gasteiger partial charge in [-0.1, -0.05) is 18.7 Å². The van der Waals surface area contributed by atoms with Gasteiger partial charge < -0.3 is 10.2 Å². The molecular weight excluding hydrogens is 252 g/mol. The summed E-state index contributed by atoms with van der Waals surface area (Å²) in [5, 5.41) is 11.6. The molecule has 0 aliphatic carbocycles. The molecule has 5 nitrogen and oxygen atoms in total. The van der Waals surface area contributed by atoms with Crippen molar-refractivity contribution in [2.75, 3.05) is 18.0 Å². The highest BCUT2D eigenvalue weighted by Gasteiger charge is 2.23. The largest absolute Gasteiger partial charge is 0.353 e. The molecule has 0 spiro atoms. The minimum Gasteiger partial charge on any atom is -0.353 e. The van der Waals surface area contributed by atoms with Crippen LogP contribution >= 0.6 is 0 Å². The van der Waals surface area contributed by atoms with Gasteiger partial charge in [-0.05, 0) is 31.1 Å². The molecule has 104 valence electrons. The SMILES string of the molecule is C=CC(=O)N[C@@H]1CCCN(c2n[nH]c3ccccc23)C1. The van der Waals surface area contributed by atoms with Gasteiger partial charge in [0.15, 0.2) is 5.82 Å². The highest BCUT2D eigenvalue weighted by Crippen LogP contribution is 2.26. The third kappa shape index (κ3) is 2.39. The third-order valence-electron chi connectivity index (χ3n) is 3.70. The lowest BCUT2D eigenvalue weighted by molar-refractivity contribution is -0.117. The van der Waals surface area contributed by atoms with Gasteiger partial charge in [0, 0.05) is 24.5 Å². The first-order valence-corrected chi connectivity index (χ1v) is 6.89. The minimum absolute atomic E-state index is 0.108. The summed E-state index contributed by atoms with van der Waals surface area (Å²) in [6.07, 6.45) is 3.37. The van der Waals surface area contributed by atoms with Crippen LogP contribution in [0.4, 0.5) is 5.82 Å². The Bertz CT molecular complexity index is 634. The van der Waals surface area contributed by atoms with E-state index in [-0.39, 0.29) is 11.9 Å². The number of hydrogen-bond donors (Lipinski definition) is 2. The first-order chi connectivity index (χ1) is 9.78. The summed E-state index contributed by atoms with van der Waals surface area (Å²) in [6, 6.07) is 8.26. The molecule has 1 atom stereocenters. The number of H-pyrrole nitrogens is 1. The van der Waals surface area contributed by atoms with Gasteiger partial charge in [-0.25, -0.2) is 0 Å². The van der Waals surface area contributed by atoms with Crippen molar-refractivity contribution < 1.29 is 4.79 Å². The fourth-order valence-corrected chi connectivity index (χ4v) is 2.74. The zero-order valence-electron chi connectivity index (χ0n) is 11.3. The first kappa shape index (κ1) is 12.7. The standard InChI is InChI=1S/C15H18N4O/c1-2-14(20)16-11-6-5-9-19(10-11)15-12-7-3-4-8-13(12)17-18-15/h2-4,7-8,11H,1,5-6,9-10H2,(H,16,20)(H,17,18)/t11-/m1/s1. The van der Waals surface area contributed by atoms with Gasteiger partial charge in [-0.15, -0.1) is 0 Å². The molecule has 3 rings (SSSR count). The topological polar surface area (TPSA) is 61.0 Å². The van der Waals surface area contributed by atoms with Crippen LogP contribution in [0, 0.1) is 0 Å². The lowest BCUT2D eigenvalue weighted by Crippen LogP contribution is -2.47. The average molecular weight is 270 g/mol. The van der Waals surface area contributed by atoms with E-state index >= 15 is 0 Å². The van der Waals surface area contributed by atoms with E-state index < -0.39 is 0 Å². The van der Waals surface area contributed by atoms with Crippen molar-refractivity contribution in [3.05, 3.63) is 36.9 Å². The predicted octanol–water partition coefficient (Wildman–Crippen LogP) is 1.83. The summed E-state index contributed by atoms with van der Waals surface area (Å²) in [5.41, 5.74) is 1.04. The molecule has 2 N–H and O–H groups in total. The number of hydrogen-bond acceptors (Lipinski definition) is 3. The van der Waals surface area contributed by atoms with Gasteiger partial charge in [0.25, 0.3) is 0 Å². The molecule has 1 fully saturated rings. The van der Waals surface area contributed by atoms with Crippen molar-refractivity contribution in [2.45, 2.75) is 18.9 Å². The highest BCUT2D eigenvalue weighted by molar-refractivity contribution is 5.90. The Hall–Kier alpha value is -2.30. The summed E-state index contributed by atoms with van der Waals surface area (Å²) in [4.78, 5) is 13.6. The molecular formula is C15H18N4O. The maximum atomic E-state index is 11.4. The van der Waals surface area contributed by atoms with E-state index in [1.54, 1.807) is 0 Å². The Balaban J connectivity index is 1.79. The van der Waals surface area contributed by atoms with Gasteiger partial charge in [-0.3, -0.25) is 9.89 Å². The van der Waals surface area contributed by atoms with Crippen molar-refractivity contribution in [3.63, 3.8) is 0 Å². The van der Waals surface area contributed by atoms with Gasteiger partial charge >= 0.3 is 0 Å². The normalized spacial score (nSPS) is 19.0. The molecule has 2 aromatic rings. The second-order valence-corrected chi connectivity index (χ2v) is 5.09. The maximum Gasteiger partial charge on any atom is 0.243 e. The van der Waals surface area contributed by atoms with Crippen LogP contribution in [0.15, 0.2) is 36.9 Å². The summed E-state index contributed by atoms with van der Waals surface area (Å²) in [5.74, 6) is 0.863. The van der Waals surface area contributed by atoms with Crippen molar-refractivity contribution in [1.82, 2.24) is 15.5 Å². The molecule has 0 unspecified atom stereocenters. The number of rotatable bonds is 3. The number of aromatic nitrogens is 2. The zero-order valence-corrected chi connectivity index (χ0v) is 11.3. The summed E-state index contributed by atoms with van der Waals surface area (Å²) in [6.45, 7) is 5.25. The fraction of sp³-hybridized carbons (Fsp3) is 0.333. The van der Waals surface area contributed by atoms with E-state index in [4.69, 9.17) is 0 Å². The smallest absolute Gasteiger partial charge is 0.243 e. The Labute approximate surface area is 117 Å². The van der Waals surface area contributed by atoms with E-state index in [0.717, 1.165) is 42.7 Å². The van der Waals surface area contributed by atoms with Crippen molar-refractivity contribution in [3.8, 4) is 0 Å². The van der Waals surface area contributed by atoms with E-state index in [2.05, 4.69) is 33.1 Å². The Kier molecular flexibility index (Phi) is 3.41. The summed E-state index contributed by atoms with van der Waals surface area (Å²) < 4.78 is 0. The minimum atomic E-state index is -0.108. The third-order valence-corrected chi connectivity index (χ3v) is 3.70. The van der Waals surface area contributed by atoms with Gasteiger partial charge in [0.1, 0.15) is 0 Å². The number of piperidine rings is 1. The van der Waals surface area contributed by atoms with E-state index in [1.807, 2.05) is 18.2 Å². The number of fused-ring (bicyclic) bond motifs is 1. The number of nitrogens with zero attached hydrogens (tertiary/aromatic N) is 2. The van der Waals surface area contributed by atoms with Crippen LogP contribution in [-0.4, -0.2) is 35.2 Å². The molecule has 1 aromatic heterocycles. The second kappa shape index (κ2) is 5.36. The molecule has 1 aromatic carbocycles. The zero-order chi connectivity index (χ0) is 13.9. The molecule has 2 heterocycles.